The quantitative estimate of drug-likeness (QED) is 0.414. The molecule has 190 valence electrons. The summed E-state index contributed by atoms with van der Waals surface area (Å²) in [4.78, 5) is 18.8. The number of hydrogen-bond donors (Lipinski definition) is 2. The van der Waals surface area contributed by atoms with Gasteiger partial charge in [-0.05, 0) is 56.0 Å². The van der Waals surface area contributed by atoms with E-state index in [9.17, 15) is 9.18 Å². The predicted molar refractivity (Wildman–Crippen MR) is 136 cm³/mol. The van der Waals surface area contributed by atoms with E-state index in [-0.39, 0.29) is 11.7 Å². The van der Waals surface area contributed by atoms with Crippen molar-refractivity contribution in [1.29, 1.82) is 0 Å². The second kappa shape index (κ2) is 11.1. The maximum atomic E-state index is 14.6. The van der Waals surface area contributed by atoms with Crippen LogP contribution in [0.3, 0.4) is 0 Å². The number of carbonyl (C=O) groups is 1. The molecule has 5 rings (SSSR count). The maximum Gasteiger partial charge on any atom is 0.319 e. The van der Waals surface area contributed by atoms with Gasteiger partial charge in [0.1, 0.15) is 23.1 Å². The number of nitrogens with one attached hydrogen (secondary N) is 2. The van der Waals surface area contributed by atoms with Crippen molar-refractivity contribution < 1.29 is 23.4 Å². The third-order valence-electron chi connectivity index (χ3n) is 6.31. The third-order valence-corrected chi connectivity index (χ3v) is 6.31. The number of aryl methyl sites for hydroxylation is 1. The number of halogens is 1. The Hall–Kier alpha value is -3.43. The highest BCUT2D eigenvalue weighted by Gasteiger charge is 2.23. The van der Waals surface area contributed by atoms with E-state index in [1.807, 2.05) is 19.1 Å². The number of morpholine rings is 1. The van der Waals surface area contributed by atoms with E-state index < -0.39 is 11.8 Å². The van der Waals surface area contributed by atoms with Gasteiger partial charge in [-0.25, -0.2) is 9.18 Å². The zero-order valence-corrected chi connectivity index (χ0v) is 20.4. The maximum absolute atomic E-state index is 14.6. The van der Waals surface area contributed by atoms with Crippen LogP contribution in [0.5, 0.6) is 17.2 Å². The molecule has 1 aromatic heterocycles. The van der Waals surface area contributed by atoms with Crippen molar-refractivity contribution in [3.63, 3.8) is 0 Å². The Morgan fingerprint density at radius 1 is 1.17 bits per heavy atom. The highest BCUT2D eigenvalue weighted by atomic mass is 19.1. The fourth-order valence-corrected chi connectivity index (χ4v) is 4.16. The number of carbonyl (C=O) groups excluding carboxylic acids is 1. The summed E-state index contributed by atoms with van der Waals surface area (Å²) in [6.45, 7) is 7.14. The van der Waals surface area contributed by atoms with Crippen LogP contribution in [0.1, 0.15) is 24.8 Å². The van der Waals surface area contributed by atoms with E-state index >= 15 is 0 Å². The summed E-state index contributed by atoms with van der Waals surface area (Å²) < 4.78 is 32.1. The summed E-state index contributed by atoms with van der Waals surface area (Å²) in [5, 5.41) is 6.12. The van der Waals surface area contributed by atoms with E-state index in [1.165, 1.54) is 12.1 Å². The molecule has 0 atom stereocenters. The molecule has 1 saturated carbocycles. The average Bonchev–Trinajstić information content (AvgIpc) is 3.69. The van der Waals surface area contributed by atoms with Crippen LogP contribution in [0.25, 0.3) is 10.9 Å². The first kappa shape index (κ1) is 24.3. The molecule has 0 bridgehead atoms. The number of nitrogens with zero attached hydrogens (tertiary/aromatic N) is 2. The SMILES string of the molecule is Cc1cc2c(Oc3ccc(NC(=O)NC4CC4)c(F)c3)ccnc2cc1OCCCN1CCOCC1. The second-order valence-corrected chi connectivity index (χ2v) is 9.22. The van der Waals surface area contributed by atoms with Gasteiger partial charge in [-0.2, -0.15) is 0 Å². The van der Waals surface area contributed by atoms with Crippen LogP contribution >= 0.6 is 0 Å². The Labute approximate surface area is 209 Å². The van der Waals surface area contributed by atoms with Crippen molar-refractivity contribution in [2.75, 3.05) is 44.8 Å². The van der Waals surface area contributed by atoms with Crippen LogP contribution < -0.4 is 20.1 Å². The Balaban J connectivity index is 1.23. The number of ether oxygens (including phenoxy) is 3. The predicted octanol–water partition coefficient (Wildman–Crippen LogP) is 4.86. The zero-order valence-electron chi connectivity index (χ0n) is 20.4. The van der Waals surface area contributed by atoms with Gasteiger partial charge in [-0.1, -0.05) is 0 Å². The van der Waals surface area contributed by atoms with Crippen LogP contribution in [0, 0.1) is 12.7 Å². The number of fused-ring (bicyclic) bond motifs is 1. The van der Waals surface area contributed by atoms with Crippen LogP contribution in [0.2, 0.25) is 0 Å². The van der Waals surface area contributed by atoms with Crippen molar-refractivity contribution in [3.05, 3.63) is 54.0 Å². The number of benzene rings is 2. The molecule has 1 saturated heterocycles. The van der Waals surface area contributed by atoms with Gasteiger partial charge in [-0.3, -0.25) is 9.88 Å². The first-order valence-corrected chi connectivity index (χ1v) is 12.4. The Kier molecular flexibility index (Phi) is 7.48. The molecule has 2 aliphatic rings. The molecular formula is C27H31FN4O4. The van der Waals surface area contributed by atoms with Crippen LogP contribution in [0.15, 0.2) is 42.6 Å². The van der Waals surface area contributed by atoms with Gasteiger partial charge in [0.15, 0.2) is 0 Å². The lowest BCUT2D eigenvalue weighted by Crippen LogP contribution is -2.37. The van der Waals surface area contributed by atoms with Crippen LogP contribution in [0.4, 0.5) is 14.9 Å². The first-order chi connectivity index (χ1) is 17.5. The van der Waals surface area contributed by atoms with Gasteiger partial charge in [0, 0.05) is 49.4 Å². The number of pyridine rings is 1. The largest absolute Gasteiger partial charge is 0.493 e. The Bertz CT molecular complexity index is 1230. The van der Waals surface area contributed by atoms with E-state index in [2.05, 4.69) is 20.5 Å². The Morgan fingerprint density at radius 2 is 2.00 bits per heavy atom. The molecule has 2 fully saturated rings. The molecule has 0 spiro atoms. The number of rotatable bonds is 9. The molecule has 9 heteroatoms. The molecule has 2 N–H and O–H groups in total. The highest BCUT2D eigenvalue weighted by molar-refractivity contribution is 5.90. The van der Waals surface area contributed by atoms with Gasteiger partial charge < -0.3 is 24.8 Å². The van der Waals surface area contributed by atoms with Gasteiger partial charge in [0.25, 0.3) is 0 Å². The third kappa shape index (κ3) is 6.22. The molecule has 8 nitrogen and oxygen atoms in total. The number of amides is 2. The number of anilines is 1. The monoisotopic (exact) mass is 494 g/mol. The molecule has 1 aliphatic heterocycles. The summed E-state index contributed by atoms with van der Waals surface area (Å²) >= 11 is 0. The standard InChI is InChI=1S/C27H31FN4O4/c1-18-15-21-24(17-26(18)35-12-2-9-32-10-13-34-14-11-32)29-8-7-25(21)36-20-5-6-23(22(28)16-20)31-27(33)30-19-3-4-19/h5-8,15-17,19H,2-4,9-14H2,1H3,(H2,30,31,33). The zero-order chi connectivity index (χ0) is 24.9. The van der Waals surface area contributed by atoms with Crippen LogP contribution in [-0.4, -0.2) is 61.4 Å². The van der Waals surface area contributed by atoms with Crippen molar-refractivity contribution in [2.24, 2.45) is 0 Å². The molecule has 36 heavy (non-hydrogen) atoms. The van der Waals surface area contributed by atoms with E-state index in [0.29, 0.717) is 18.1 Å². The fraction of sp³-hybridized carbons (Fsp3) is 0.407. The van der Waals surface area contributed by atoms with Gasteiger partial charge in [-0.15, -0.1) is 0 Å². The Morgan fingerprint density at radius 3 is 2.78 bits per heavy atom. The van der Waals surface area contributed by atoms with Gasteiger partial charge >= 0.3 is 6.03 Å². The summed E-state index contributed by atoms with van der Waals surface area (Å²) in [6.07, 6.45) is 4.52. The van der Waals surface area contributed by atoms with Crippen molar-refractivity contribution in [1.82, 2.24) is 15.2 Å². The molecule has 1 aliphatic carbocycles. The number of aromatic nitrogens is 1. The lowest BCUT2D eigenvalue weighted by atomic mass is 10.1. The minimum atomic E-state index is -0.569. The molecule has 2 heterocycles. The van der Waals surface area contributed by atoms with Crippen molar-refractivity contribution in [3.8, 4) is 17.2 Å². The minimum Gasteiger partial charge on any atom is -0.493 e. The molecule has 3 aromatic rings. The van der Waals surface area contributed by atoms with Crippen molar-refractivity contribution >= 4 is 22.6 Å². The number of hydrogen-bond acceptors (Lipinski definition) is 6. The molecular weight excluding hydrogens is 463 g/mol. The smallest absolute Gasteiger partial charge is 0.319 e. The van der Waals surface area contributed by atoms with Gasteiger partial charge in [0.05, 0.1) is 31.0 Å². The first-order valence-electron chi connectivity index (χ1n) is 12.4. The summed E-state index contributed by atoms with van der Waals surface area (Å²) in [5.41, 5.74) is 1.81. The van der Waals surface area contributed by atoms with E-state index in [1.54, 1.807) is 18.3 Å². The summed E-state index contributed by atoms with van der Waals surface area (Å²) in [6, 6.07) is 9.81. The molecule has 2 aromatic carbocycles. The molecule has 0 unspecified atom stereocenters. The summed E-state index contributed by atoms with van der Waals surface area (Å²) in [5.74, 6) is 1.11. The number of urea groups is 1. The topological polar surface area (TPSA) is 85.0 Å². The fourth-order valence-electron chi connectivity index (χ4n) is 4.16. The molecule has 2 amide bonds. The average molecular weight is 495 g/mol. The van der Waals surface area contributed by atoms with Gasteiger partial charge in [0.2, 0.25) is 0 Å². The molecule has 0 radical (unpaired) electrons. The minimum absolute atomic E-state index is 0.103. The van der Waals surface area contributed by atoms with E-state index in [0.717, 1.165) is 74.3 Å². The van der Waals surface area contributed by atoms with E-state index in [4.69, 9.17) is 14.2 Å². The van der Waals surface area contributed by atoms with Crippen LogP contribution in [-0.2, 0) is 4.74 Å². The van der Waals surface area contributed by atoms with Crippen molar-refractivity contribution in [2.45, 2.75) is 32.2 Å². The second-order valence-electron chi connectivity index (χ2n) is 9.22. The lowest BCUT2D eigenvalue weighted by Gasteiger charge is -2.26. The summed E-state index contributed by atoms with van der Waals surface area (Å²) in [7, 11) is 0. The lowest BCUT2D eigenvalue weighted by molar-refractivity contribution is 0.0358. The normalized spacial score (nSPS) is 16.1. The highest BCUT2D eigenvalue weighted by Crippen LogP contribution is 2.34.